The summed E-state index contributed by atoms with van der Waals surface area (Å²) in [4.78, 5) is 2.15. The van der Waals surface area contributed by atoms with Crippen molar-refractivity contribution in [1.82, 2.24) is 4.90 Å². The molecule has 0 fully saturated rings. The fraction of sp³-hybridized carbons (Fsp3) is 1.00. The zero-order chi connectivity index (χ0) is 10.3. The number of hydrogen-bond donors (Lipinski definition) is 2. The predicted octanol–water partition coefficient (Wildman–Crippen LogP) is 0.676. The van der Waals surface area contributed by atoms with Crippen LogP contribution in [0, 0.1) is 5.41 Å². The summed E-state index contributed by atoms with van der Waals surface area (Å²) in [5.41, 5.74) is 6.02. The van der Waals surface area contributed by atoms with Crippen LogP contribution in [0.2, 0.25) is 0 Å². The summed E-state index contributed by atoms with van der Waals surface area (Å²) in [6.07, 6.45) is 2.21. The van der Waals surface area contributed by atoms with E-state index in [2.05, 4.69) is 18.7 Å². The third kappa shape index (κ3) is 4.07. The quantitative estimate of drug-likeness (QED) is 0.617. The third-order valence-electron chi connectivity index (χ3n) is 3.02. The van der Waals surface area contributed by atoms with E-state index in [-0.39, 0.29) is 12.0 Å². The number of aliphatic hydroxyl groups is 1. The Balaban J connectivity index is 4.07. The second kappa shape index (κ2) is 6.35. The van der Waals surface area contributed by atoms with Crippen molar-refractivity contribution in [3.63, 3.8) is 0 Å². The highest BCUT2D eigenvalue weighted by Gasteiger charge is 2.25. The van der Waals surface area contributed by atoms with Gasteiger partial charge in [0.25, 0.3) is 0 Å². The summed E-state index contributed by atoms with van der Waals surface area (Å²) >= 11 is 0. The van der Waals surface area contributed by atoms with Gasteiger partial charge in [0.15, 0.2) is 0 Å². The Hall–Kier alpha value is -0.120. The van der Waals surface area contributed by atoms with Gasteiger partial charge in [0.05, 0.1) is 6.61 Å². The maximum atomic E-state index is 8.78. The Bertz CT molecular complexity index is 116. The van der Waals surface area contributed by atoms with Gasteiger partial charge in [0.1, 0.15) is 0 Å². The molecule has 3 heteroatoms. The molecule has 0 unspecified atom stereocenters. The van der Waals surface area contributed by atoms with Gasteiger partial charge in [-0.05, 0) is 31.8 Å². The van der Waals surface area contributed by atoms with Crippen LogP contribution in [-0.2, 0) is 0 Å². The van der Waals surface area contributed by atoms with Crippen LogP contribution in [-0.4, -0.2) is 43.3 Å². The lowest BCUT2D eigenvalue weighted by Gasteiger charge is -2.34. The highest BCUT2D eigenvalue weighted by molar-refractivity contribution is 4.80. The first-order valence-electron chi connectivity index (χ1n) is 5.13. The van der Waals surface area contributed by atoms with Crippen molar-refractivity contribution < 1.29 is 5.11 Å². The Labute approximate surface area is 81.9 Å². The lowest BCUT2D eigenvalue weighted by atomic mass is 9.82. The molecule has 0 aromatic heterocycles. The minimum atomic E-state index is 0.227. The molecule has 0 aliphatic carbocycles. The number of nitrogens with zero attached hydrogens (tertiary/aromatic N) is 1. The zero-order valence-electron chi connectivity index (χ0n) is 9.21. The van der Waals surface area contributed by atoms with Crippen molar-refractivity contribution in [2.24, 2.45) is 11.1 Å². The van der Waals surface area contributed by atoms with E-state index in [0.29, 0.717) is 0 Å². The molecule has 0 aromatic rings. The van der Waals surface area contributed by atoms with Crippen molar-refractivity contribution in [1.29, 1.82) is 0 Å². The van der Waals surface area contributed by atoms with E-state index < -0.39 is 0 Å². The number of hydrogen-bond acceptors (Lipinski definition) is 3. The Kier molecular flexibility index (Phi) is 6.29. The van der Waals surface area contributed by atoms with Crippen LogP contribution in [0.25, 0.3) is 0 Å². The van der Waals surface area contributed by atoms with Crippen molar-refractivity contribution >= 4 is 0 Å². The molecule has 13 heavy (non-hydrogen) atoms. The Morgan fingerprint density at radius 2 is 1.85 bits per heavy atom. The average Bonchev–Trinajstić information content (AvgIpc) is 2.15. The summed E-state index contributed by atoms with van der Waals surface area (Å²) in [6.45, 7) is 7.05. The van der Waals surface area contributed by atoms with E-state index in [1.807, 2.05) is 7.05 Å². The van der Waals surface area contributed by atoms with Gasteiger partial charge >= 0.3 is 0 Å². The first-order valence-corrected chi connectivity index (χ1v) is 5.13. The van der Waals surface area contributed by atoms with Crippen LogP contribution < -0.4 is 5.73 Å². The molecule has 0 aliphatic rings. The minimum Gasteiger partial charge on any atom is -0.395 e. The normalized spacial score (nSPS) is 12.5. The molecule has 0 radical (unpaired) electrons. The van der Waals surface area contributed by atoms with Crippen molar-refractivity contribution in [3.05, 3.63) is 0 Å². The summed E-state index contributed by atoms with van der Waals surface area (Å²) in [7, 11) is 2.03. The van der Waals surface area contributed by atoms with Gasteiger partial charge in [0, 0.05) is 13.1 Å². The Morgan fingerprint density at radius 1 is 1.31 bits per heavy atom. The molecule has 0 rings (SSSR count). The van der Waals surface area contributed by atoms with Gasteiger partial charge in [-0.2, -0.15) is 0 Å². The summed E-state index contributed by atoms with van der Waals surface area (Å²) in [5, 5.41) is 8.78. The van der Waals surface area contributed by atoms with E-state index in [9.17, 15) is 0 Å². The van der Waals surface area contributed by atoms with Crippen LogP contribution in [0.1, 0.15) is 26.7 Å². The SMILES string of the molecule is CCC(CC)(CN)CN(C)CCO. The van der Waals surface area contributed by atoms with Crippen LogP contribution >= 0.6 is 0 Å². The molecule has 0 heterocycles. The van der Waals surface area contributed by atoms with Crippen molar-refractivity contribution in [2.75, 3.05) is 33.3 Å². The fourth-order valence-electron chi connectivity index (χ4n) is 1.65. The second-order valence-corrected chi connectivity index (χ2v) is 3.87. The molecule has 80 valence electrons. The molecule has 0 amide bonds. The minimum absolute atomic E-state index is 0.227. The number of nitrogens with two attached hydrogens (primary N) is 1. The van der Waals surface area contributed by atoms with E-state index in [1.165, 1.54) is 0 Å². The van der Waals surface area contributed by atoms with Gasteiger partial charge in [-0.25, -0.2) is 0 Å². The van der Waals surface area contributed by atoms with Crippen LogP contribution in [0.4, 0.5) is 0 Å². The van der Waals surface area contributed by atoms with Gasteiger partial charge in [-0.1, -0.05) is 13.8 Å². The maximum absolute atomic E-state index is 8.78. The molecule has 0 aliphatic heterocycles. The van der Waals surface area contributed by atoms with Crippen molar-refractivity contribution in [2.45, 2.75) is 26.7 Å². The van der Waals surface area contributed by atoms with E-state index in [4.69, 9.17) is 10.8 Å². The molecular weight excluding hydrogens is 164 g/mol. The maximum Gasteiger partial charge on any atom is 0.0558 e. The molecule has 0 atom stereocenters. The molecule has 0 saturated carbocycles. The summed E-state index contributed by atoms with van der Waals surface area (Å²) < 4.78 is 0. The van der Waals surface area contributed by atoms with E-state index >= 15 is 0 Å². The lowest BCUT2D eigenvalue weighted by Crippen LogP contribution is -2.41. The largest absolute Gasteiger partial charge is 0.395 e. The standard InChI is InChI=1S/C10H24N2O/c1-4-10(5-2,8-11)9-12(3)6-7-13/h13H,4-9,11H2,1-3H3. The van der Waals surface area contributed by atoms with Crippen LogP contribution in [0.5, 0.6) is 0 Å². The number of aliphatic hydroxyl groups excluding tert-OH is 1. The first kappa shape index (κ1) is 12.9. The van der Waals surface area contributed by atoms with Gasteiger partial charge < -0.3 is 15.7 Å². The molecule has 0 aromatic carbocycles. The molecule has 0 saturated heterocycles. The summed E-state index contributed by atoms with van der Waals surface area (Å²) in [6, 6.07) is 0. The number of rotatable bonds is 7. The van der Waals surface area contributed by atoms with E-state index in [0.717, 1.165) is 32.5 Å². The smallest absolute Gasteiger partial charge is 0.0558 e. The molecule has 3 N–H and O–H groups in total. The van der Waals surface area contributed by atoms with Crippen LogP contribution in [0.3, 0.4) is 0 Å². The predicted molar refractivity (Wildman–Crippen MR) is 56.7 cm³/mol. The fourth-order valence-corrected chi connectivity index (χ4v) is 1.65. The monoisotopic (exact) mass is 188 g/mol. The van der Waals surface area contributed by atoms with Gasteiger partial charge in [-0.3, -0.25) is 0 Å². The van der Waals surface area contributed by atoms with Gasteiger partial charge in [-0.15, -0.1) is 0 Å². The highest BCUT2D eigenvalue weighted by Crippen LogP contribution is 2.25. The molecule has 3 nitrogen and oxygen atoms in total. The zero-order valence-corrected chi connectivity index (χ0v) is 9.21. The Morgan fingerprint density at radius 3 is 2.15 bits per heavy atom. The topological polar surface area (TPSA) is 49.5 Å². The molecule has 0 bridgehead atoms. The average molecular weight is 188 g/mol. The van der Waals surface area contributed by atoms with Gasteiger partial charge in [0.2, 0.25) is 0 Å². The number of likely N-dealkylation sites (N-methyl/N-ethyl adjacent to an activating group) is 1. The second-order valence-electron chi connectivity index (χ2n) is 3.87. The summed E-state index contributed by atoms with van der Waals surface area (Å²) in [5.74, 6) is 0. The van der Waals surface area contributed by atoms with E-state index in [1.54, 1.807) is 0 Å². The molecule has 0 spiro atoms. The molecular formula is C10H24N2O. The third-order valence-corrected chi connectivity index (χ3v) is 3.02. The first-order chi connectivity index (χ1) is 6.14. The van der Waals surface area contributed by atoms with Crippen LogP contribution in [0.15, 0.2) is 0 Å². The van der Waals surface area contributed by atoms with Crippen molar-refractivity contribution in [3.8, 4) is 0 Å². The highest BCUT2D eigenvalue weighted by atomic mass is 16.3. The lowest BCUT2D eigenvalue weighted by molar-refractivity contribution is 0.142.